The van der Waals surface area contributed by atoms with Crippen LogP contribution >= 0.6 is 0 Å². The van der Waals surface area contributed by atoms with E-state index in [1.807, 2.05) is 19.0 Å². The SMILES string of the molecule is Cc1c(F)cc(F)cc1Nc1c(-c2ccncc2OCCN(C)C)[nH]c2c1C(=O)NCC2. The van der Waals surface area contributed by atoms with Crippen LogP contribution in [0.2, 0.25) is 0 Å². The molecule has 1 amide bonds. The molecule has 0 unspecified atom stereocenters. The molecule has 2 aromatic heterocycles. The van der Waals surface area contributed by atoms with Crippen molar-refractivity contribution in [3.8, 4) is 17.0 Å². The number of fused-ring (bicyclic) bond motifs is 1. The van der Waals surface area contributed by atoms with E-state index in [0.717, 1.165) is 11.8 Å². The van der Waals surface area contributed by atoms with Gasteiger partial charge in [0.1, 0.15) is 24.0 Å². The summed E-state index contributed by atoms with van der Waals surface area (Å²) in [6, 6.07) is 3.83. The Bertz CT molecular complexity index is 1160. The zero-order chi connectivity index (χ0) is 22.8. The van der Waals surface area contributed by atoms with Crippen LogP contribution in [-0.2, 0) is 6.42 Å². The van der Waals surface area contributed by atoms with Gasteiger partial charge in [-0.3, -0.25) is 9.78 Å². The molecule has 3 heterocycles. The van der Waals surface area contributed by atoms with E-state index in [1.165, 1.54) is 6.07 Å². The van der Waals surface area contributed by atoms with Gasteiger partial charge >= 0.3 is 0 Å². The number of H-pyrrole nitrogens is 1. The number of carbonyl (C=O) groups is 1. The number of aromatic nitrogens is 2. The molecule has 0 atom stereocenters. The van der Waals surface area contributed by atoms with Gasteiger partial charge in [0.2, 0.25) is 0 Å². The summed E-state index contributed by atoms with van der Waals surface area (Å²) >= 11 is 0. The summed E-state index contributed by atoms with van der Waals surface area (Å²) in [4.78, 5) is 22.2. The molecule has 7 nitrogen and oxygen atoms in total. The summed E-state index contributed by atoms with van der Waals surface area (Å²) in [6.45, 7) is 3.22. The average molecular weight is 441 g/mol. The third kappa shape index (κ3) is 4.29. The fourth-order valence-electron chi connectivity index (χ4n) is 3.66. The van der Waals surface area contributed by atoms with Crippen LogP contribution in [-0.4, -0.2) is 54.6 Å². The molecule has 32 heavy (non-hydrogen) atoms. The third-order valence-corrected chi connectivity index (χ3v) is 5.38. The minimum absolute atomic E-state index is 0.244. The normalized spacial score (nSPS) is 13.1. The van der Waals surface area contributed by atoms with E-state index in [1.54, 1.807) is 25.4 Å². The summed E-state index contributed by atoms with van der Waals surface area (Å²) in [5, 5.41) is 5.94. The fourth-order valence-corrected chi connectivity index (χ4v) is 3.66. The molecule has 0 radical (unpaired) electrons. The van der Waals surface area contributed by atoms with Gasteiger partial charge in [-0.2, -0.15) is 0 Å². The van der Waals surface area contributed by atoms with Crippen LogP contribution in [0, 0.1) is 18.6 Å². The zero-order valence-corrected chi connectivity index (χ0v) is 18.2. The van der Waals surface area contributed by atoms with E-state index in [-0.39, 0.29) is 17.2 Å². The van der Waals surface area contributed by atoms with Gasteiger partial charge in [-0.25, -0.2) is 8.78 Å². The number of ether oxygens (including phenoxy) is 1. The van der Waals surface area contributed by atoms with E-state index in [0.29, 0.717) is 54.4 Å². The lowest BCUT2D eigenvalue weighted by Crippen LogP contribution is -2.31. The topological polar surface area (TPSA) is 82.3 Å². The van der Waals surface area contributed by atoms with E-state index < -0.39 is 11.6 Å². The van der Waals surface area contributed by atoms with Crippen LogP contribution in [0.4, 0.5) is 20.2 Å². The maximum absolute atomic E-state index is 14.2. The number of hydrogen-bond acceptors (Lipinski definition) is 5. The second-order valence-corrected chi connectivity index (χ2v) is 7.94. The standard InChI is InChI=1S/C23H25F2N5O2/c1-13-16(25)10-14(24)11-18(13)29-22-20-17(5-7-27-23(20)31)28-21(22)15-4-6-26-12-19(15)32-9-8-30(2)3/h4,6,10-12,28-29H,5,7-9H2,1-3H3,(H,27,31). The Kier molecular flexibility index (Phi) is 6.09. The minimum Gasteiger partial charge on any atom is -0.490 e. The van der Waals surface area contributed by atoms with Crippen LogP contribution in [0.15, 0.2) is 30.6 Å². The van der Waals surface area contributed by atoms with Crippen molar-refractivity contribution in [2.75, 3.05) is 39.1 Å². The van der Waals surface area contributed by atoms with E-state index in [2.05, 4.69) is 20.6 Å². The predicted molar refractivity (Wildman–Crippen MR) is 118 cm³/mol. The second kappa shape index (κ2) is 8.96. The molecule has 0 aliphatic carbocycles. The molecule has 0 fully saturated rings. The Balaban J connectivity index is 1.82. The predicted octanol–water partition coefficient (Wildman–Crippen LogP) is 3.63. The molecule has 1 aliphatic heterocycles. The number of nitrogens with zero attached hydrogens (tertiary/aromatic N) is 2. The molecule has 0 saturated heterocycles. The lowest BCUT2D eigenvalue weighted by atomic mass is 10.0. The molecule has 168 valence electrons. The number of benzene rings is 1. The van der Waals surface area contributed by atoms with Crippen molar-refractivity contribution in [1.29, 1.82) is 0 Å². The molecule has 3 aromatic rings. The molecule has 0 saturated carbocycles. The van der Waals surface area contributed by atoms with Crippen LogP contribution in [0.1, 0.15) is 21.6 Å². The number of pyridine rings is 1. The van der Waals surface area contributed by atoms with Crippen LogP contribution in [0.25, 0.3) is 11.3 Å². The summed E-state index contributed by atoms with van der Waals surface area (Å²) in [6.07, 6.45) is 3.85. The molecule has 4 rings (SSSR count). The fraction of sp³-hybridized carbons (Fsp3) is 0.304. The maximum Gasteiger partial charge on any atom is 0.255 e. The van der Waals surface area contributed by atoms with Crippen molar-refractivity contribution < 1.29 is 18.3 Å². The first-order valence-electron chi connectivity index (χ1n) is 10.3. The molecule has 3 N–H and O–H groups in total. The van der Waals surface area contributed by atoms with Crippen molar-refractivity contribution in [3.63, 3.8) is 0 Å². The van der Waals surface area contributed by atoms with Gasteiger partial charge in [-0.1, -0.05) is 0 Å². The molecule has 0 spiro atoms. The summed E-state index contributed by atoms with van der Waals surface area (Å²) in [5.41, 5.74) is 3.39. The number of nitrogens with one attached hydrogen (secondary N) is 3. The first kappa shape index (κ1) is 21.8. The van der Waals surface area contributed by atoms with Gasteiger partial charge in [-0.05, 0) is 33.2 Å². The summed E-state index contributed by atoms with van der Waals surface area (Å²) in [7, 11) is 3.90. The Labute approximate surface area is 184 Å². The lowest BCUT2D eigenvalue weighted by molar-refractivity contribution is 0.0947. The van der Waals surface area contributed by atoms with Crippen molar-refractivity contribution in [3.05, 3.63) is 59.0 Å². The van der Waals surface area contributed by atoms with Crippen molar-refractivity contribution in [1.82, 2.24) is 20.2 Å². The Morgan fingerprint density at radius 1 is 1.28 bits per heavy atom. The number of amides is 1. The zero-order valence-electron chi connectivity index (χ0n) is 18.2. The number of likely N-dealkylation sites (N-methyl/N-ethyl adjacent to an activating group) is 1. The van der Waals surface area contributed by atoms with Crippen molar-refractivity contribution >= 4 is 17.3 Å². The van der Waals surface area contributed by atoms with Gasteiger partial charge in [0, 0.05) is 54.3 Å². The smallest absolute Gasteiger partial charge is 0.255 e. The molecule has 1 aliphatic rings. The summed E-state index contributed by atoms with van der Waals surface area (Å²) in [5.74, 6) is -1.09. The van der Waals surface area contributed by atoms with Crippen molar-refractivity contribution in [2.24, 2.45) is 0 Å². The molecular formula is C23H25F2N5O2. The number of aromatic amines is 1. The monoisotopic (exact) mass is 441 g/mol. The number of halogens is 2. The van der Waals surface area contributed by atoms with E-state index in [4.69, 9.17) is 4.74 Å². The third-order valence-electron chi connectivity index (χ3n) is 5.38. The van der Waals surface area contributed by atoms with E-state index in [9.17, 15) is 13.6 Å². The van der Waals surface area contributed by atoms with Crippen molar-refractivity contribution in [2.45, 2.75) is 13.3 Å². The number of rotatable bonds is 7. The second-order valence-electron chi connectivity index (χ2n) is 7.94. The molecule has 1 aromatic carbocycles. The van der Waals surface area contributed by atoms with Crippen LogP contribution < -0.4 is 15.4 Å². The first-order chi connectivity index (χ1) is 15.3. The van der Waals surface area contributed by atoms with Gasteiger partial charge < -0.3 is 25.3 Å². The highest BCUT2D eigenvalue weighted by Gasteiger charge is 2.28. The van der Waals surface area contributed by atoms with Gasteiger partial charge in [0.05, 0.1) is 23.1 Å². The van der Waals surface area contributed by atoms with Gasteiger partial charge in [0.25, 0.3) is 5.91 Å². The highest BCUT2D eigenvalue weighted by molar-refractivity contribution is 6.06. The number of carbonyl (C=O) groups excluding carboxylic acids is 1. The first-order valence-corrected chi connectivity index (χ1v) is 10.3. The lowest BCUT2D eigenvalue weighted by Gasteiger charge is -2.17. The van der Waals surface area contributed by atoms with Gasteiger partial charge in [-0.15, -0.1) is 0 Å². The molecular weight excluding hydrogens is 416 g/mol. The van der Waals surface area contributed by atoms with Crippen LogP contribution in [0.5, 0.6) is 5.75 Å². The van der Waals surface area contributed by atoms with E-state index >= 15 is 0 Å². The molecule has 9 heteroatoms. The largest absolute Gasteiger partial charge is 0.490 e. The number of anilines is 2. The van der Waals surface area contributed by atoms with Gasteiger partial charge in [0.15, 0.2) is 0 Å². The highest BCUT2D eigenvalue weighted by Crippen LogP contribution is 2.40. The Morgan fingerprint density at radius 2 is 2.09 bits per heavy atom. The van der Waals surface area contributed by atoms with Crippen LogP contribution in [0.3, 0.4) is 0 Å². The average Bonchev–Trinajstić information content (AvgIpc) is 3.11. The summed E-state index contributed by atoms with van der Waals surface area (Å²) < 4.78 is 34.1. The number of hydrogen-bond donors (Lipinski definition) is 3. The Hall–Kier alpha value is -3.46. The maximum atomic E-state index is 14.2. The Morgan fingerprint density at radius 3 is 2.88 bits per heavy atom. The quantitative estimate of drug-likeness (QED) is 0.522. The highest BCUT2D eigenvalue weighted by atomic mass is 19.1. The molecule has 0 bridgehead atoms. The minimum atomic E-state index is -0.706.